The second kappa shape index (κ2) is 6.33. The van der Waals surface area contributed by atoms with Gasteiger partial charge in [-0.3, -0.25) is 4.79 Å². The summed E-state index contributed by atoms with van der Waals surface area (Å²) in [6.07, 6.45) is 2.81. The van der Waals surface area contributed by atoms with Crippen LogP contribution in [0, 0.1) is 0 Å². The summed E-state index contributed by atoms with van der Waals surface area (Å²) in [6.45, 7) is 2.01. The number of nitrogens with zero attached hydrogens (tertiary/aromatic N) is 1. The number of phenolic OH excluding ortho intramolecular Hbond substituents is 1. The molecule has 4 nitrogen and oxygen atoms in total. The topological polar surface area (TPSA) is 62.2 Å². The van der Waals surface area contributed by atoms with Crippen LogP contribution in [0.15, 0.2) is 35.8 Å². The fourth-order valence-electron chi connectivity index (χ4n) is 1.84. The molecule has 100 valence electrons. The lowest BCUT2D eigenvalue weighted by Crippen LogP contribution is -2.29. The maximum Gasteiger partial charge on any atom is 0.224 e. The number of nitrogens with one attached hydrogen (secondary N) is 1. The first-order valence-electron chi connectivity index (χ1n) is 6.15. The summed E-state index contributed by atoms with van der Waals surface area (Å²) >= 11 is 1.54. The van der Waals surface area contributed by atoms with Crippen molar-refractivity contribution < 1.29 is 9.90 Å². The van der Waals surface area contributed by atoms with Crippen molar-refractivity contribution in [3.8, 4) is 5.75 Å². The number of thiazole rings is 1. The van der Waals surface area contributed by atoms with Gasteiger partial charge in [0.05, 0.1) is 12.5 Å². The molecule has 2 N–H and O–H groups in total. The SMILES string of the molecule is CCC(NC(=O)Cc1cccc(O)c1)c1nccs1. The molecule has 0 spiro atoms. The van der Waals surface area contributed by atoms with Crippen LogP contribution in [0.2, 0.25) is 0 Å². The molecule has 0 bridgehead atoms. The van der Waals surface area contributed by atoms with Crippen molar-refractivity contribution in [1.82, 2.24) is 10.3 Å². The smallest absolute Gasteiger partial charge is 0.224 e. The molecule has 0 aliphatic rings. The lowest BCUT2D eigenvalue weighted by molar-refractivity contribution is -0.121. The molecule has 2 aromatic rings. The molecule has 0 saturated carbocycles. The molecule has 1 amide bonds. The number of phenols is 1. The van der Waals surface area contributed by atoms with Gasteiger partial charge in [-0.15, -0.1) is 11.3 Å². The van der Waals surface area contributed by atoms with E-state index in [-0.39, 0.29) is 24.1 Å². The van der Waals surface area contributed by atoms with Gasteiger partial charge in [0.25, 0.3) is 0 Å². The second-order valence-corrected chi connectivity index (χ2v) is 5.17. The fraction of sp³-hybridized carbons (Fsp3) is 0.286. The molecule has 0 aliphatic carbocycles. The van der Waals surface area contributed by atoms with Crippen molar-refractivity contribution in [2.75, 3.05) is 0 Å². The average Bonchev–Trinajstić information content (AvgIpc) is 2.89. The summed E-state index contributed by atoms with van der Waals surface area (Å²) in [7, 11) is 0. The maximum atomic E-state index is 12.0. The standard InChI is InChI=1S/C14H16N2O2S/c1-2-12(14-15-6-7-19-14)16-13(18)9-10-4-3-5-11(17)8-10/h3-8,12,17H,2,9H2,1H3,(H,16,18). The van der Waals surface area contributed by atoms with E-state index in [1.54, 1.807) is 35.7 Å². The zero-order chi connectivity index (χ0) is 13.7. The first-order valence-corrected chi connectivity index (χ1v) is 7.03. The first kappa shape index (κ1) is 13.5. The number of carbonyl (C=O) groups is 1. The predicted octanol–water partition coefficient (Wildman–Crippen LogP) is 2.66. The third-order valence-corrected chi connectivity index (χ3v) is 3.66. The minimum absolute atomic E-state index is 0.0372. The van der Waals surface area contributed by atoms with E-state index < -0.39 is 0 Å². The molecule has 1 heterocycles. The molecule has 0 fully saturated rings. The minimum Gasteiger partial charge on any atom is -0.508 e. The summed E-state index contributed by atoms with van der Waals surface area (Å²) in [4.78, 5) is 16.2. The number of carbonyl (C=O) groups excluding carboxylic acids is 1. The van der Waals surface area contributed by atoms with E-state index in [2.05, 4.69) is 10.3 Å². The highest BCUT2D eigenvalue weighted by Crippen LogP contribution is 2.19. The van der Waals surface area contributed by atoms with Gasteiger partial charge in [-0.25, -0.2) is 4.98 Å². The van der Waals surface area contributed by atoms with Gasteiger partial charge in [0.1, 0.15) is 10.8 Å². The monoisotopic (exact) mass is 276 g/mol. The highest BCUT2D eigenvalue weighted by molar-refractivity contribution is 7.09. The highest BCUT2D eigenvalue weighted by atomic mass is 32.1. The third kappa shape index (κ3) is 3.79. The van der Waals surface area contributed by atoms with Crippen LogP contribution >= 0.6 is 11.3 Å². The Kier molecular flexibility index (Phi) is 4.52. The van der Waals surface area contributed by atoms with Gasteiger partial charge in [0.15, 0.2) is 0 Å². The van der Waals surface area contributed by atoms with Crippen LogP contribution in [0.1, 0.15) is 30.0 Å². The summed E-state index contributed by atoms with van der Waals surface area (Å²) in [5, 5.41) is 15.2. The van der Waals surface area contributed by atoms with Crippen LogP contribution in [0.4, 0.5) is 0 Å². The second-order valence-electron chi connectivity index (χ2n) is 4.25. The summed E-state index contributed by atoms with van der Waals surface area (Å²) < 4.78 is 0. The lowest BCUT2D eigenvalue weighted by atomic mass is 10.1. The van der Waals surface area contributed by atoms with Crippen LogP contribution in [-0.2, 0) is 11.2 Å². The molecule has 0 radical (unpaired) electrons. The first-order chi connectivity index (χ1) is 9.19. The molecular weight excluding hydrogens is 260 g/mol. The van der Waals surface area contributed by atoms with E-state index in [1.165, 1.54) is 0 Å². The number of benzene rings is 1. The molecule has 2 rings (SSSR count). The van der Waals surface area contributed by atoms with Gasteiger partial charge in [0, 0.05) is 11.6 Å². The highest BCUT2D eigenvalue weighted by Gasteiger charge is 2.15. The van der Waals surface area contributed by atoms with Crippen LogP contribution in [-0.4, -0.2) is 16.0 Å². The van der Waals surface area contributed by atoms with Crippen molar-refractivity contribution in [1.29, 1.82) is 0 Å². The number of aromatic hydroxyl groups is 1. The van der Waals surface area contributed by atoms with Crippen LogP contribution in [0.5, 0.6) is 5.75 Å². The minimum atomic E-state index is -0.0624. The third-order valence-electron chi connectivity index (χ3n) is 2.77. The lowest BCUT2D eigenvalue weighted by Gasteiger charge is -2.14. The van der Waals surface area contributed by atoms with Gasteiger partial charge < -0.3 is 10.4 Å². The van der Waals surface area contributed by atoms with Crippen LogP contribution < -0.4 is 5.32 Å². The Bertz CT molecular complexity index is 540. The van der Waals surface area contributed by atoms with Crippen molar-refractivity contribution >= 4 is 17.2 Å². The van der Waals surface area contributed by atoms with Crippen molar-refractivity contribution in [2.24, 2.45) is 0 Å². The Morgan fingerprint density at radius 1 is 1.53 bits per heavy atom. The molecular formula is C14H16N2O2S. The van der Waals surface area contributed by atoms with Gasteiger partial charge >= 0.3 is 0 Å². The summed E-state index contributed by atoms with van der Waals surface area (Å²) in [5.74, 6) is 0.116. The van der Waals surface area contributed by atoms with E-state index in [0.29, 0.717) is 0 Å². The van der Waals surface area contributed by atoms with Crippen molar-refractivity contribution in [3.05, 3.63) is 46.4 Å². The van der Waals surface area contributed by atoms with E-state index in [4.69, 9.17) is 0 Å². The van der Waals surface area contributed by atoms with Gasteiger partial charge in [-0.2, -0.15) is 0 Å². The molecule has 0 aliphatic heterocycles. The Hall–Kier alpha value is -1.88. The Morgan fingerprint density at radius 2 is 2.37 bits per heavy atom. The van der Waals surface area contributed by atoms with Crippen molar-refractivity contribution in [3.63, 3.8) is 0 Å². The Morgan fingerprint density at radius 3 is 3.00 bits per heavy atom. The van der Waals surface area contributed by atoms with E-state index in [9.17, 15) is 9.90 Å². The molecule has 5 heteroatoms. The molecule has 1 atom stereocenters. The average molecular weight is 276 g/mol. The maximum absolute atomic E-state index is 12.0. The van der Waals surface area contributed by atoms with E-state index >= 15 is 0 Å². The number of rotatable bonds is 5. The molecule has 1 aromatic heterocycles. The van der Waals surface area contributed by atoms with E-state index in [1.807, 2.05) is 18.4 Å². The summed E-state index contributed by atoms with van der Waals surface area (Å²) in [5.41, 5.74) is 0.798. The zero-order valence-corrected chi connectivity index (χ0v) is 11.5. The predicted molar refractivity (Wildman–Crippen MR) is 75.1 cm³/mol. The number of hydrogen-bond acceptors (Lipinski definition) is 4. The number of hydrogen-bond donors (Lipinski definition) is 2. The Labute approximate surface area is 116 Å². The van der Waals surface area contributed by atoms with Crippen LogP contribution in [0.25, 0.3) is 0 Å². The molecule has 1 unspecified atom stereocenters. The number of aromatic nitrogens is 1. The largest absolute Gasteiger partial charge is 0.508 e. The molecule has 1 aromatic carbocycles. The molecule has 19 heavy (non-hydrogen) atoms. The summed E-state index contributed by atoms with van der Waals surface area (Å²) in [6, 6.07) is 6.71. The van der Waals surface area contributed by atoms with Gasteiger partial charge in [-0.1, -0.05) is 19.1 Å². The van der Waals surface area contributed by atoms with Crippen molar-refractivity contribution in [2.45, 2.75) is 25.8 Å². The normalized spacial score (nSPS) is 12.1. The number of amides is 1. The Balaban J connectivity index is 1.97. The van der Waals surface area contributed by atoms with Gasteiger partial charge in [-0.05, 0) is 24.1 Å². The van der Waals surface area contributed by atoms with Gasteiger partial charge in [0.2, 0.25) is 5.91 Å². The fourth-order valence-corrected chi connectivity index (χ4v) is 2.61. The quantitative estimate of drug-likeness (QED) is 0.882. The van der Waals surface area contributed by atoms with Crippen LogP contribution in [0.3, 0.4) is 0 Å². The van der Waals surface area contributed by atoms with E-state index in [0.717, 1.165) is 17.0 Å². The molecule has 0 saturated heterocycles. The zero-order valence-electron chi connectivity index (χ0n) is 10.7.